The van der Waals surface area contributed by atoms with Gasteiger partial charge < -0.3 is 14.2 Å². The fourth-order valence-electron chi connectivity index (χ4n) is 2.43. The van der Waals surface area contributed by atoms with Gasteiger partial charge in [0.05, 0.1) is 31.1 Å². The third kappa shape index (κ3) is 6.06. The van der Waals surface area contributed by atoms with E-state index >= 15 is 0 Å². The molecule has 1 aromatic rings. The molecule has 144 valence electrons. The third-order valence-electron chi connectivity index (χ3n) is 3.56. The molecule has 0 bridgehead atoms. The molecule has 1 rings (SSSR count). The maximum absolute atomic E-state index is 12.6. The Kier molecular flexibility index (Phi) is 8.61. The summed E-state index contributed by atoms with van der Waals surface area (Å²) in [4.78, 5) is 37.7. The second kappa shape index (κ2) is 10.4. The van der Waals surface area contributed by atoms with Crippen molar-refractivity contribution in [2.45, 2.75) is 46.6 Å². The van der Waals surface area contributed by atoms with Crippen molar-refractivity contribution in [1.82, 2.24) is 0 Å². The first kappa shape index (κ1) is 21.5. The van der Waals surface area contributed by atoms with E-state index in [2.05, 4.69) is 0 Å². The molecule has 0 aromatic heterocycles. The minimum Gasteiger partial charge on any atom is -0.466 e. The summed E-state index contributed by atoms with van der Waals surface area (Å²) in [5.74, 6) is -0.868. The average molecular weight is 365 g/mol. The standard InChI is InChI=1S/C19H27NO6/c1-6-25-16(21)11-8-12-20(19(23)26-13(2)3)15-10-7-9-14(4)17(15)18(22)24-5/h7,9-10,13H,6,8,11-12H2,1-5H3. The van der Waals surface area contributed by atoms with Crippen molar-refractivity contribution in [3.63, 3.8) is 0 Å². The van der Waals surface area contributed by atoms with Crippen LogP contribution < -0.4 is 4.90 Å². The smallest absolute Gasteiger partial charge is 0.414 e. The number of aryl methyl sites for hydroxylation is 1. The number of anilines is 1. The second-order valence-corrected chi connectivity index (χ2v) is 5.95. The van der Waals surface area contributed by atoms with Gasteiger partial charge in [-0.15, -0.1) is 0 Å². The molecule has 0 spiro atoms. The number of ether oxygens (including phenoxy) is 3. The van der Waals surface area contributed by atoms with E-state index in [-0.39, 0.29) is 25.0 Å². The van der Waals surface area contributed by atoms with Crippen LogP contribution in [0.3, 0.4) is 0 Å². The fraction of sp³-hybridized carbons (Fsp3) is 0.526. The van der Waals surface area contributed by atoms with Crippen LogP contribution >= 0.6 is 0 Å². The van der Waals surface area contributed by atoms with Gasteiger partial charge in [0.2, 0.25) is 0 Å². The van der Waals surface area contributed by atoms with E-state index in [1.54, 1.807) is 45.9 Å². The number of carbonyl (C=O) groups excluding carboxylic acids is 3. The molecule has 0 aliphatic rings. The van der Waals surface area contributed by atoms with Crippen molar-refractivity contribution in [1.29, 1.82) is 0 Å². The van der Waals surface area contributed by atoms with Crippen LogP contribution in [0.25, 0.3) is 0 Å². The zero-order chi connectivity index (χ0) is 19.7. The summed E-state index contributed by atoms with van der Waals surface area (Å²) in [6, 6.07) is 5.17. The van der Waals surface area contributed by atoms with Crippen LogP contribution in [0.5, 0.6) is 0 Å². The molecule has 0 aliphatic carbocycles. The minimum absolute atomic E-state index is 0.165. The van der Waals surface area contributed by atoms with Crippen molar-refractivity contribution in [2.75, 3.05) is 25.2 Å². The van der Waals surface area contributed by atoms with Crippen molar-refractivity contribution < 1.29 is 28.6 Å². The topological polar surface area (TPSA) is 82.1 Å². The summed E-state index contributed by atoms with van der Waals surface area (Å²) >= 11 is 0. The van der Waals surface area contributed by atoms with Gasteiger partial charge in [-0.1, -0.05) is 12.1 Å². The van der Waals surface area contributed by atoms with Crippen LogP contribution in [0.2, 0.25) is 0 Å². The quantitative estimate of drug-likeness (QED) is 0.518. The lowest BCUT2D eigenvalue weighted by atomic mass is 10.1. The molecule has 7 heteroatoms. The monoisotopic (exact) mass is 365 g/mol. The third-order valence-corrected chi connectivity index (χ3v) is 3.56. The average Bonchev–Trinajstić information content (AvgIpc) is 2.57. The van der Waals surface area contributed by atoms with Gasteiger partial charge in [-0.3, -0.25) is 9.69 Å². The van der Waals surface area contributed by atoms with Gasteiger partial charge in [0.15, 0.2) is 0 Å². The number of carbonyl (C=O) groups is 3. The summed E-state index contributed by atoms with van der Waals surface area (Å²) in [6.07, 6.45) is -0.361. The van der Waals surface area contributed by atoms with E-state index in [1.165, 1.54) is 12.0 Å². The van der Waals surface area contributed by atoms with Crippen LogP contribution in [0.4, 0.5) is 10.5 Å². The van der Waals surface area contributed by atoms with Gasteiger partial charge >= 0.3 is 18.0 Å². The zero-order valence-corrected chi connectivity index (χ0v) is 16.0. The van der Waals surface area contributed by atoms with Gasteiger partial charge in [0.1, 0.15) is 0 Å². The van der Waals surface area contributed by atoms with Crippen LogP contribution in [-0.2, 0) is 19.0 Å². The highest BCUT2D eigenvalue weighted by atomic mass is 16.6. The Hall–Kier alpha value is -2.57. The van der Waals surface area contributed by atoms with E-state index in [0.29, 0.717) is 29.8 Å². The lowest BCUT2D eigenvalue weighted by Gasteiger charge is -2.25. The Bertz CT molecular complexity index is 641. The van der Waals surface area contributed by atoms with E-state index in [9.17, 15) is 14.4 Å². The first-order valence-electron chi connectivity index (χ1n) is 8.63. The largest absolute Gasteiger partial charge is 0.466 e. The molecule has 0 saturated heterocycles. The van der Waals surface area contributed by atoms with Gasteiger partial charge in [-0.2, -0.15) is 0 Å². The molecule has 0 aliphatic heterocycles. The Morgan fingerprint density at radius 1 is 1.19 bits per heavy atom. The first-order chi connectivity index (χ1) is 12.3. The number of methoxy groups -OCH3 is 1. The predicted molar refractivity (Wildman–Crippen MR) is 97.3 cm³/mol. The molecule has 0 atom stereocenters. The second-order valence-electron chi connectivity index (χ2n) is 5.95. The number of nitrogens with zero attached hydrogens (tertiary/aromatic N) is 1. The highest BCUT2D eigenvalue weighted by Gasteiger charge is 2.25. The Morgan fingerprint density at radius 3 is 2.46 bits per heavy atom. The van der Waals surface area contributed by atoms with E-state index in [1.807, 2.05) is 0 Å². The maximum Gasteiger partial charge on any atom is 0.414 e. The minimum atomic E-state index is -0.584. The number of hydrogen-bond acceptors (Lipinski definition) is 6. The lowest BCUT2D eigenvalue weighted by molar-refractivity contribution is -0.143. The summed E-state index contributed by atoms with van der Waals surface area (Å²) in [5.41, 5.74) is 1.38. The molecule has 0 fully saturated rings. The summed E-state index contributed by atoms with van der Waals surface area (Å²) in [6.45, 7) is 7.50. The molecule has 0 N–H and O–H groups in total. The molecule has 1 amide bonds. The van der Waals surface area contributed by atoms with Crippen LogP contribution in [0.15, 0.2) is 18.2 Å². The summed E-state index contributed by atoms with van der Waals surface area (Å²) in [5, 5.41) is 0. The van der Waals surface area contributed by atoms with Gasteiger partial charge in [0.25, 0.3) is 0 Å². The molecule has 26 heavy (non-hydrogen) atoms. The lowest BCUT2D eigenvalue weighted by Crippen LogP contribution is -2.35. The van der Waals surface area contributed by atoms with Crippen molar-refractivity contribution >= 4 is 23.7 Å². The van der Waals surface area contributed by atoms with E-state index < -0.39 is 12.1 Å². The Balaban J connectivity index is 3.12. The van der Waals surface area contributed by atoms with Gasteiger partial charge in [0, 0.05) is 13.0 Å². The molecule has 0 radical (unpaired) electrons. The maximum atomic E-state index is 12.6. The molecule has 0 saturated carbocycles. The van der Waals surface area contributed by atoms with Crippen LogP contribution in [0, 0.1) is 6.92 Å². The number of esters is 2. The molecular weight excluding hydrogens is 338 g/mol. The van der Waals surface area contributed by atoms with Crippen molar-refractivity contribution in [2.24, 2.45) is 0 Å². The molecule has 1 aromatic carbocycles. The highest BCUT2D eigenvalue weighted by Crippen LogP contribution is 2.26. The number of amides is 1. The normalized spacial score (nSPS) is 10.4. The van der Waals surface area contributed by atoms with Crippen LogP contribution in [0.1, 0.15) is 49.5 Å². The van der Waals surface area contributed by atoms with Crippen molar-refractivity contribution in [3.05, 3.63) is 29.3 Å². The predicted octanol–water partition coefficient (Wildman–Crippen LogP) is 3.48. The van der Waals surface area contributed by atoms with Gasteiger partial charge in [-0.05, 0) is 45.7 Å². The van der Waals surface area contributed by atoms with Gasteiger partial charge in [-0.25, -0.2) is 9.59 Å². The number of rotatable bonds is 8. The fourth-order valence-corrected chi connectivity index (χ4v) is 2.43. The SMILES string of the molecule is CCOC(=O)CCCN(C(=O)OC(C)C)c1cccc(C)c1C(=O)OC. The summed E-state index contributed by atoms with van der Waals surface area (Å²) < 4.78 is 15.1. The Labute approximate surface area is 154 Å². The van der Waals surface area contributed by atoms with Crippen LogP contribution in [-0.4, -0.2) is 44.4 Å². The number of benzene rings is 1. The highest BCUT2D eigenvalue weighted by molar-refractivity contribution is 6.02. The molecule has 7 nitrogen and oxygen atoms in total. The van der Waals surface area contributed by atoms with E-state index in [4.69, 9.17) is 14.2 Å². The van der Waals surface area contributed by atoms with Crippen molar-refractivity contribution in [3.8, 4) is 0 Å². The first-order valence-corrected chi connectivity index (χ1v) is 8.63. The molecule has 0 unspecified atom stereocenters. The van der Waals surface area contributed by atoms with E-state index in [0.717, 1.165) is 0 Å². The zero-order valence-electron chi connectivity index (χ0n) is 16.0. The summed E-state index contributed by atoms with van der Waals surface area (Å²) in [7, 11) is 1.29. The molecule has 0 heterocycles. The Morgan fingerprint density at radius 2 is 1.88 bits per heavy atom. The molecular formula is C19H27NO6. The number of hydrogen-bond donors (Lipinski definition) is 0.